The second-order valence-corrected chi connectivity index (χ2v) is 18.4. The first kappa shape index (κ1) is 59.3. The summed E-state index contributed by atoms with van der Waals surface area (Å²) in [5.41, 5.74) is 0. The molecule has 2 unspecified atom stereocenters. The largest absolute Gasteiger partial charge is 0.477 e. The maximum absolute atomic E-state index is 12.8. The van der Waals surface area contributed by atoms with Gasteiger partial charge >= 0.3 is 17.9 Å². The average Bonchev–Trinajstić information content (AvgIpc) is 3.23. The second-order valence-electron chi connectivity index (χ2n) is 18.4. The molecule has 0 amide bonds. The molecule has 0 saturated carbocycles. The molecule has 0 saturated heterocycles. The van der Waals surface area contributed by atoms with Crippen LogP contribution in [-0.2, 0) is 28.6 Å². The number of hydrogen-bond acceptors (Lipinski definition) is 6. The van der Waals surface area contributed by atoms with E-state index in [1.165, 1.54) is 135 Å². The van der Waals surface area contributed by atoms with Crippen molar-refractivity contribution in [2.24, 2.45) is 0 Å². The molecule has 360 valence electrons. The zero-order valence-corrected chi connectivity index (χ0v) is 41.1. The Balaban J connectivity index is 4.24. The molecule has 0 aromatic carbocycles. The van der Waals surface area contributed by atoms with E-state index < -0.39 is 18.1 Å². The van der Waals surface area contributed by atoms with Crippen LogP contribution in [0.5, 0.6) is 0 Å². The first-order valence-corrected chi connectivity index (χ1v) is 25.7. The fraction of sp³-hybridized carbons (Fsp3) is 0.796. The van der Waals surface area contributed by atoms with Crippen molar-refractivity contribution in [2.45, 2.75) is 238 Å². The molecule has 0 aromatic heterocycles. The average molecular weight is 873 g/mol. The van der Waals surface area contributed by atoms with Gasteiger partial charge < -0.3 is 23.8 Å². The normalized spacial score (nSPS) is 13.2. The number of quaternary nitrogens is 1. The topological polar surface area (TPSA) is 99.1 Å². The number of hydrogen-bond donors (Lipinski definition) is 1. The number of carboxylic acid groups (broad SMARTS) is 1. The van der Waals surface area contributed by atoms with Gasteiger partial charge in [0, 0.05) is 19.3 Å². The van der Waals surface area contributed by atoms with Crippen LogP contribution in [-0.4, -0.2) is 80.6 Å². The highest BCUT2D eigenvalue weighted by atomic mass is 16.6. The summed E-state index contributed by atoms with van der Waals surface area (Å²) >= 11 is 0. The minimum absolute atomic E-state index is 0.0534. The van der Waals surface area contributed by atoms with Gasteiger partial charge in [0.25, 0.3) is 0 Å². The van der Waals surface area contributed by atoms with Gasteiger partial charge in [0.2, 0.25) is 0 Å². The van der Waals surface area contributed by atoms with Gasteiger partial charge in [-0.1, -0.05) is 184 Å². The zero-order valence-electron chi connectivity index (χ0n) is 41.1. The zero-order chi connectivity index (χ0) is 45.6. The summed E-state index contributed by atoms with van der Waals surface area (Å²) in [7, 11) is 5.54. The van der Waals surface area contributed by atoms with Gasteiger partial charge in [-0.05, 0) is 70.6 Å². The summed E-state index contributed by atoms with van der Waals surface area (Å²) in [5, 5.41) is 9.65. The van der Waals surface area contributed by atoms with Gasteiger partial charge in [0.15, 0.2) is 12.1 Å². The molecule has 0 radical (unpaired) electrons. The monoisotopic (exact) mass is 873 g/mol. The Morgan fingerprint density at radius 2 is 0.903 bits per heavy atom. The van der Waals surface area contributed by atoms with Crippen LogP contribution in [0, 0.1) is 0 Å². The van der Waals surface area contributed by atoms with Crippen molar-refractivity contribution in [1.29, 1.82) is 0 Å². The van der Waals surface area contributed by atoms with Crippen molar-refractivity contribution in [2.75, 3.05) is 41.0 Å². The number of likely N-dealkylation sites (N-methyl/N-ethyl adjacent to an activating group) is 1. The summed E-state index contributed by atoms with van der Waals surface area (Å²) < 4.78 is 17.4. The lowest BCUT2D eigenvalue weighted by Gasteiger charge is -2.31. The van der Waals surface area contributed by atoms with E-state index in [-0.39, 0.29) is 36.2 Å². The number of allylic oxidation sites excluding steroid dienone is 8. The molecule has 0 spiro atoms. The Morgan fingerprint density at radius 1 is 0.500 bits per heavy atom. The minimum Gasteiger partial charge on any atom is -0.477 e. The maximum Gasteiger partial charge on any atom is 0.362 e. The number of nitrogens with zero attached hydrogens (tertiary/aromatic N) is 1. The fourth-order valence-electron chi connectivity index (χ4n) is 7.51. The summed E-state index contributed by atoms with van der Waals surface area (Å²) in [6, 6.07) is -0.616. The van der Waals surface area contributed by atoms with E-state index in [0.29, 0.717) is 19.3 Å². The molecular formula is C54H98NO7+. The summed E-state index contributed by atoms with van der Waals surface area (Å²) in [5.74, 6) is -1.47. The number of aliphatic carboxylic acids is 1. The molecule has 0 bridgehead atoms. The number of carbonyl (C=O) groups excluding carboxylic acids is 2. The molecular weight excluding hydrogens is 775 g/mol. The van der Waals surface area contributed by atoms with Crippen molar-refractivity contribution in [1.82, 2.24) is 0 Å². The number of carboxylic acids is 1. The number of carbonyl (C=O) groups is 3. The van der Waals surface area contributed by atoms with Crippen molar-refractivity contribution in [3.63, 3.8) is 0 Å². The SMILES string of the molecule is CC/C=C/C/C=C/C/C=C/CCCCCCCCCCCCCC(=O)OC(COCCC(C(=O)O)[N+](C)(C)C)COC(=O)CCCCCCCCC/C=C/CCCCCCCC. The van der Waals surface area contributed by atoms with Gasteiger partial charge in [0.05, 0.1) is 34.4 Å². The number of rotatable bonds is 46. The quantitative estimate of drug-likeness (QED) is 0.0281. The van der Waals surface area contributed by atoms with Crippen LogP contribution in [0.25, 0.3) is 0 Å². The van der Waals surface area contributed by atoms with Crippen molar-refractivity contribution in [3.8, 4) is 0 Å². The predicted molar refractivity (Wildman–Crippen MR) is 261 cm³/mol. The van der Waals surface area contributed by atoms with Gasteiger partial charge in [-0.3, -0.25) is 9.59 Å². The molecule has 0 fully saturated rings. The van der Waals surface area contributed by atoms with E-state index in [4.69, 9.17) is 14.2 Å². The van der Waals surface area contributed by atoms with Crippen LogP contribution in [0.15, 0.2) is 48.6 Å². The van der Waals surface area contributed by atoms with Gasteiger partial charge in [-0.2, -0.15) is 0 Å². The van der Waals surface area contributed by atoms with E-state index in [0.717, 1.165) is 57.8 Å². The Labute approximate surface area is 382 Å². The van der Waals surface area contributed by atoms with Crippen LogP contribution >= 0.6 is 0 Å². The third kappa shape index (κ3) is 42.6. The first-order chi connectivity index (χ1) is 30.1. The van der Waals surface area contributed by atoms with E-state index in [1.807, 2.05) is 21.1 Å². The third-order valence-electron chi connectivity index (χ3n) is 11.5. The number of esters is 2. The van der Waals surface area contributed by atoms with E-state index in [2.05, 4.69) is 62.5 Å². The van der Waals surface area contributed by atoms with Crippen molar-refractivity contribution in [3.05, 3.63) is 48.6 Å². The highest BCUT2D eigenvalue weighted by molar-refractivity contribution is 5.72. The Morgan fingerprint density at radius 3 is 1.35 bits per heavy atom. The Bertz CT molecular complexity index is 1150. The lowest BCUT2D eigenvalue weighted by molar-refractivity contribution is -0.887. The molecule has 0 rings (SSSR count). The van der Waals surface area contributed by atoms with Crippen molar-refractivity contribution >= 4 is 17.9 Å². The number of ether oxygens (including phenoxy) is 3. The van der Waals surface area contributed by atoms with Gasteiger partial charge in [-0.15, -0.1) is 0 Å². The molecule has 0 aliphatic heterocycles. The van der Waals surface area contributed by atoms with Gasteiger partial charge in [0.1, 0.15) is 6.61 Å². The molecule has 0 aliphatic carbocycles. The summed E-state index contributed by atoms with van der Waals surface area (Å²) in [6.45, 7) is 4.64. The third-order valence-corrected chi connectivity index (χ3v) is 11.5. The lowest BCUT2D eigenvalue weighted by atomic mass is 10.0. The smallest absolute Gasteiger partial charge is 0.362 e. The van der Waals surface area contributed by atoms with E-state index in [1.54, 1.807) is 0 Å². The van der Waals surface area contributed by atoms with Crippen LogP contribution in [0.2, 0.25) is 0 Å². The van der Waals surface area contributed by atoms with Crippen molar-refractivity contribution < 1.29 is 38.2 Å². The Hall–Kier alpha value is -2.71. The lowest BCUT2D eigenvalue weighted by Crippen LogP contribution is -2.50. The molecule has 0 aromatic rings. The highest BCUT2D eigenvalue weighted by Crippen LogP contribution is 2.15. The Kier molecular flexibility index (Phi) is 42.9. The second kappa shape index (κ2) is 44.9. The van der Waals surface area contributed by atoms with Crippen LogP contribution in [0.3, 0.4) is 0 Å². The van der Waals surface area contributed by atoms with Crippen LogP contribution < -0.4 is 0 Å². The molecule has 8 heteroatoms. The maximum atomic E-state index is 12.8. The molecule has 0 heterocycles. The molecule has 62 heavy (non-hydrogen) atoms. The standard InChI is InChI=1S/C54H97NO7/c1-6-8-10-12-14-16-18-20-22-24-25-26-27-29-31-33-35-37-39-41-43-45-53(57)62-50(48-60-47-46-51(54(58)59)55(3,4)5)49-61-52(56)44-42-40-38-36-34-32-30-28-23-21-19-17-15-13-11-9-7-2/h8,10,14,16,20-23,50-51H,6-7,9,11-13,15,17-19,24-49H2,1-5H3/p+1/b10-8+,16-14+,22-20+,23-21+. The van der Waals surface area contributed by atoms with Crippen LogP contribution in [0.1, 0.15) is 226 Å². The molecule has 1 N–H and O–H groups in total. The molecule has 8 nitrogen and oxygen atoms in total. The van der Waals surface area contributed by atoms with Gasteiger partial charge in [-0.25, -0.2) is 4.79 Å². The fourth-order valence-corrected chi connectivity index (χ4v) is 7.51. The summed E-state index contributed by atoms with van der Waals surface area (Å²) in [4.78, 5) is 37.2. The minimum atomic E-state index is -0.875. The highest BCUT2D eigenvalue weighted by Gasteiger charge is 2.31. The van der Waals surface area contributed by atoms with E-state index in [9.17, 15) is 19.5 Å². The summed E-state index contributed by atoms with van der Waals surface area (Å²) in [6.07, 6.45) is 54.4. The first-order valence-electron chi connectivity index (χ1n) is 25.7. The molecule has 2 atom stereocenters. The molecule has 0 aliphatic rings. The van der Waals surface area contributed by atoms with E-state index >= 15 is 0 Å². The predicted octanol–water partition coefficient (Wildman–Crippen LogP) is 14.8. The number of unbranched alkanes of at least 4 members (excludes halogenated alkanes) is 24. The van der Waals surface area contributed by atoms with Crippen LogP contribution in [0.4, 0.5) is 0 Å².